The first-order valence-electron chi connectivity index (χ1n) is 12.4. The number of likely N-dealkylation sites (tertiary alicyclic amines) is 2. The molecule has 7 heteroatoms. The molecule has 3 aromatic rings. The highest BCUT2D eigenvalue weighted by atomic mass is 16.2. The lowest BCUT2D eigenvalue weighted by Crippen LogP contribution is -2.47. The highest BCUT2D eigenvalue weighted by Gasteiger charge is 2.44. The molecule has 2 aliphatic rings. The average Bonchev–Trinajstić information content (AvgIpc) is 3.63. The van der Waals surface area contributed by atoms with Crippen LogP contribution in [0.25, 0.3) is 0 Å². The van der Waals surface area contributed by atoms with E-state index < -0.39 is 6.04 Å². The van der Waals surface area contributed by atoms with Crippen molar-refractivity contribution in [3.63, 3.8) is 0 Å². The highest BCUT2D eigenvalue weighted by molar-refractivity contribution is 5.96. The van der Waals surface area contributed by atoms with Gasteiger partial charge in [0, 0.05) is 50.8 Å². The number of hydrogen-bond donors (Lipinski definition) is 1. The predicted octanol–water partition coefficient (Wildman–Crippen LogP) is 3.45. The van der Waals surface area contributed by atoms with Crippen LogP contribution in [0.5, 0.6) is 0 Å². The van der Waals surface area contributed by atoms with Gasteiger partial charge >= 0.3 is 0 Å². The van der Waals surface area contributed by atoms with Gasteiger partial charge in [0.05, 0.1) is 5.69 Å². The standard InChI is InChI=1S/C28H33N5O2/c1-19(29)24-18-31(2)26(30-24)28(35)33-17-23(21-11-7-4-8-12-21)15-25(33)27(34)32-14-13-22(16-32)20-9-5-3-6-10-20/h3-12,18-19,22-23,25H,13-17,29H2,1-2H3. The van der Waals surface area contributed by atoms with Crippen LogP contribution in [0.15, 0.2) is 66.9 Å². The van der Waals surface area contributed by atoms with Crippen LogP contribution in [0.2, 0.25) is 0 Å². The Labute approximate surface area is 206 Å². The smallest absolute Gasteiger partial charge is 0.290 e. The van der Waals surface area contributed by atoms with E-state index in [2.05, 4.69) is 29.2 Å². The van der Waals surface area contributed by atoms with Crippen molar-refractivity contribution in [1.82, 2.24) is 19.4 Å². The third kappa shape index (κ3) is 4.60. The molecule has 0 aliphatic carbocycles. The minimum absolute atomic E-state index is 0.0387. The third-order valence-electron chi connectivity index (χ3n) is 7.44. The van der Waals surface area contributed by atoms with Crippen LogP contribution >= 0.6 is 0 Å². The number of carbonyl (C=O) groups is 2. The van der Waals surface area contributed by atoms with Crippen molar-refractivity contribution in [3.05, 3.63) is 89.5 Å². The lowest BCUT2D eigenvalue weighted by molar-refractivity contribution is -0.134. The number of nitrogens with zero attached hydrogens (tertiary/aromatic N) is 4. The van der Waals surface area contributed by atoms with E-state index in [0.717, 1.165) is 12.0 Å². The Morgan fingerprint density at radius 1 is 0.971 bits per heavy atom. The predicted molar refractivity (Wildman–Crippen MR) is 135 cm³/mol. The molecule has 2 amide bonds. The molecule has 2 fully saturated rings. The molecular formula is C28H33N5O2. The molecule has 2 N–H and O–H groups in total. The van der Waals surface area contributed by atoms with Gasteiger partial charge in [0.1, 0.15) is 6.04 Å². The Hall–Kier alpha value is -3.45. The molecule has 2 aliphatic heterocycles. The summed E-state index contributed by atoms with van der Waals surface area (Å²) >= 11 is 0. The van der Waals surface area contributed by atoms with E-state index in [1.165, 1.54) is 5.56 Å². The summed E-state index contributed by atoms with van der Waals surface area (Å²) in [5, 5.41) is 0. The summed E-state index contributed by atoms with van der Waals surface area (Å²) in [6, 6.07) is 19.8. The number of amides is 2. The molecule has 4 unspecified atom stereocenters. The molecule has 3 heterocycles. The first kappa shape index (κ1) is 23.3. The Morgan fingerprint density at radius 3 is 2.20 bits per heavy atom. The molecule has 0 spiro atoms. The molecule has 5 rings (SSSR count). The van der Waals surface area contributed by atoms with Crippen molar-refractivity contribution < 1.29 is 9.59 Å². The topological polar surface area (TPSA) is 84.5 Å². The molecule has 1 aromatic heterocycles. The van der Waals surface area contributed by atoms with Crippen LogP contribution in [0.3, 0.4) is 0 Å². The Kier molecular flexibility index (Phi) is 6.43. The van der Waals surface area contributed by atoms with E-state index in [0.29, 0.717) is 43.5 Å². The maximum atomic E-state index is 13.8. The molecule has 182 valence electrons. The summed E-state index contributed by atoms with van der Waals surface area (Å²) in [7, 11) is 1.80. The Balaban J connectivity index is 1.40. The van der Waals surface area contributed by atoms with Gasteiger partial charge in [-0.3, -0.25) is 9.59 Å². The summed E-state index contributed by atoms with van der Waals surface area (Å²) in [6.45, 7) is 3.75. The van der Waals surface area contributed by atoms with E-state index in [-0.39, 0.29) is 23.8 Å². The fourth-order valence-corrected chi connectivity index (χ4v) is 5.47. The Morgan fingerprint density at radius 2 is 1.60 bits per heavy atom. The molecule has 35 heavy (non-hydrogen) atoms. The van der Waals surface area contributed by atoms with Crippen molar-refractivity contribution in [2.45, 2.75) is 43.7 Å². The highest BCUT2D eigenvalue weighted by Crippen LogP contribution is 2.35. The molecule has 4 atom stereocenters. The molecule has 2 saturated heterocycles. The van der Waals surface area contributed by atoms with Crippen LogP contribution < -0.4 is 5.73 Å². The quantitative estimate of drug-likeness (QED) is 0.618. The number of carbonyl (C=O) groups excluding carboxylic acids is 2. The SMILES string of the molecule is CC(N)c1cn(C)c(C(=O)N2CC(c3ccccc3)CC2C(=O)N2CCC(c3ccccc3)C2)n1. The zero-order valence-corrected chi connectivity index (χ0v) is 20.4. The van der Waals surface area contributed by atoms with Gasteiger partial charge in [-0.1, -0.05) is 60.7 Å². The minimum Gasteiger partial charge on any atom is -0.340 e. The van der Waals surface area contributed by atoms with E-state index in [1.807, 2.05) is 48.2 Å². The number of benzene rings is 2. The maximum absolute atomic E-state index is 13.8. The van der Waals surface area contributed by atoms with Crippen molar-refractivity contribution in [2.24, 2.45) is 12.8 Å². The van der Waals surface area contributed by atoms with Gasteiger partial charge in [-0.15, -0.1) is 0 Å². The van der Waals surface area contributed by atoms with E-state index in [9.17, 15) is 9.59 Å². The molecule has 0 saturated carbocycles. The first-order valence-corrected chi connectivity index (χ1v) is 12.4. The third-order valence-corrected chi connectivity index (χ3v) is 7.44. The van der Waals surface area contributed by atoms with Gasteiger partial charge in [0.2, 0.25) is 5.91 Å². The Bertz CT molecular complexity index is 1190. The molecule has 2 aromatic carbocycles. The van der Waals surface area contributed by atoms with Crippen LogP contribution in [0.1, 0.15) is 65.1 Å². The van der Waals surface area contributed by atoms with Gasteiger partial charge in [0.25, 0.3) is 5.91 Å². The molecule has 0 radical (unpaired) electrons. The monoisotopic (exact) mass is 471 g/mol. The largest absolute Gasteiger partial charge is 0.340 e. The van der Waals surface area contributed by atoms with Crippen molar-refractivity contribution in [1.29, 1.82) is 0 Å². The van der Waals surface area contributed by atoms with Crippen LogP contribution in [-0.2, 0) is 11.8 Å². The molecule has 7 nitrogen and oxygen atoms in total. The summed E-state index contributed by atoms with van der Waals surface area (Å²) in [5.74, 6) is 0.591. The van der Waals surface area contributed by atoms with Gasteiger partial charge in [-0.2, -0.15) is 0 Å². The number of aromatic nitrogens is 2. The summed E-state index contributed by atoms with van der Waals surface area (Å²) in [4.78, 5) is 35.8. The maximum Gasteiger partial charge on any atom is 0.290 e. The molecule has 0 bridgehead atoms. The number of hydrogen-bond acceptors (Lipinski definition) is 4. The summed E-state index contributed by atoms with van der Waals surface area (Å²) < 4.78 is 1.72. The second-order valence-electron chi connectivity index (χ2n) is 9.89. The lowest BCUT2D eigenvalue weighted by Gasteiger charge is -2.27. The van der Waals surface area contributed by atoms with Crippen LogP contribution in [0, 0.1) is 0 Å². The van der Waals surface area contributed by atoms with Gasteiger partial charge < -0.3 is 20.1 Å². The lowest BCUT2D eigenvalue weighted by atomic mass is 9.96. The fourth-order valence-electron chi connectivity index (χ4n) is 5.47. The normalized spacial score (nSPS) is 23.0. The minimum atomic E-state index is -0.502. The second kappa shape index (κ2) is 9.66. The van der Waals surface area contributed by atoms with Crippen LogP contribution in [-0.4, -0.2) is 56.8 Å². The number of rotatable bonds is 5. The summed E-state index contributed by atoms with van der Waals surface area (Å²) in [6.07, 6.45) is 3.35. The van der Waals surface area contributed by atoms with Crippen molar-refractivity contribution in [2.75, 3.05) is 19.6 Å². The van der Waals surface area contributed by atoms with Gasteiger partial charge in [-0.25, -0.2) is 4.98 Å². The molecular weight excluding hydrogens is 438 g/mol. The van der Waals surface area contributed by atoms with Gasteiger partial charge in [-0.05, 0) is 30.9 Å². The van der Waals surface area contributed by atoms with E-state index in [1.54, 1.807) is 22.7 Å². The first-order chi connectivity index (χ1) is 16.9. The zero-order valence-electron chi connectivity index (χ0n) is 20.4. The number of aryl methyl sites for hydroxylation is 1. The fraction of sp³-hybridized carbons (Fsp3) is 0.393. The van der Waals surface area contributed by atoms with E-state index >= 15 is 0 Å². The second-order valence-corrected chi connectivity index (χ2v) is 9.89. The zero-order chi connectivity index (χ0) is 24.5. The summed E-state index contributed by atoms with van der Waals surface area (Å²) in [5.41, 5.74) is 9.09. The van der Waals surface area contributed by atoms with Crippen LogP contribution in [0.4, 0.5) is 0 Å². The van der Waals surface area contributed by atoms with Crippen molar-refractivity contribution in [3.8, 4) is 0 Å². The van der Waals surface area contributed by atoms with E-state index in [4.69, 9.17) is 5.73 Å². The van der Waals surface area contributed by atoms with Crippen molar-refractivity contribution >= 4 is 11.8 Å². The number of nitrogens with two attached hydrogens (primary N) is 1. The number of imidazole rings is 1. The average molecular weight is 472 g/mol. The van der Waals surface area contributed by atoms with Gasteiger partial charge in [0.15, 0.2) is 5.82 Å².